The van der Waals surface area contributed by atoms with Gasteiger partial charge in [-0.3, -0.25) is 9.69 Å². The highest BCUT2D eigenvalue weighted by Gasteiger charge is 2.17. The van der Waals surface area contributed by atoms with Gasteiger partial charge < -0.3 is 24.8 Å². The van der Waals surface area contributed by atoms with Crippen molar-refractivity contribution in [3.05, 3.63) is 89.5 Å². The average Bonchev–Trinajstić information content (AvgIpc) is 2.94. The van der Waals surface area contributed by atoms with Crippen molar-refractivity contribution < 1.29 is 9.53 Å². The number of nitrogens with one attached hydrogen (secondary N) is 1. The highest BCUT2D eigenvalue weighted by Crippen LogP contribution is 2.25. The minimum absolute atomic E-state index is 0.107. The van der Waals surface area contributed by atoms with Crippen LogP contribution < -0.4 is 19.9 Å². The lowest BCUT2D eigenvalue weighted by Gasteiger charge is -2.34. The number of carbonyl (C=O) groups is 1. The summed E-state index contributed by atoms with van der Waals surface area (Å²) in [6.07, 6.45) is 0. The molecular weight excluding hydrogens is 474 g/mol. The maximum atomic E-state index is 11.8. The molecule has 38 heavy (non-hydrogen) atoms. The van der Waals surface area contributed by atoms with Gasteiger partial charge in [0.25, 0.3) is 0 Å². The van der Waals surface area contributed by atoms with Crippen LogP contribution in [0.3, 0.4) is 0 Å². The molecule has 200 valence electrons. The van der Waals surface area contributed by atoms with Crippen molar-refractivity contribution in [3.63, 3.8) is 0 Å². The van der Waals surface area contributed by atoms with Gasteiger partial charge in [-0.25, -0.2) is 0 Å². The summed E-state index contributed by atoms with van der Waals surface area (Å²) < 4.78 is 5.47. The monoisotopic (exact) mass is 513 g/mol. The van der Waals surface area contributed by atoms with Crippen molar-refractivity contribution >= 4 is 17.3 Å². The Hall–Kier alpha value is -3.55. The number of methoxy groups -OCH3 is 1. The third-order valence-electron chi connectivity index (χ3n) is 7.51. The zero-order valence-electron chi connectivity index (χ0n) is 22.6. The first-order valence-electron chi connectivity index (χ1n) is 13.5. The molecule has 7 heteroatoms. The zero-order valence-corrected chi connectivity index (χ0v) is 22.6. The molecule has 2 aliphatic rings. The molecule has 0 atom stereocenters. The summed E-state index contributed by atoms with van der Waals surface area (Å²) >= 11 is 0. The molecule has 0 unspecified atom stereocenters. The zero-order chi connectivity index (χ0) is 26.3. The topological polar surface area (TPSA) is 51.3 Å². The predicted octanol–water partition coefficient (Wildman–Crippen LogP) is 3.59. The van der Waals surface area contributed by atoms with Crippen LogP contribution in [-0.2, 0) is 24.4 Å². The lowest BCUT2D eigenvalue weighted by molar-refractivity contribution is -0.124. The molecule has 2 aliphatic heterocycles. The minimum Gasteiger partial charge on any atom is -0.497 e. The van der Waals surface area contributed by atoms with Crippen LogP contribution >= 0.6 is 0 Å². The predicted molar refractivity (Wildman–Crippen MR) is 154 cm³/mol. The van der Waals surface area contributed by atoms with E-state index in [1.165, 1.54) is 28.1 Å². The number of amides is 1. The molecule has 2 heterocycles. The standard InChI is InChI=1S/C31H39N5O2/c1-33-16-18-35(19-17-33)28-10-8-26(9-11-28)22-36(23-27-4-3-5-30(20-27)38-2)29-12-6-25(7-13-29)21-34-15-14-32-31(37)24-34/h3-13,20H,14-19,21-24H2,1-2H3,(H,32,37). The van der Waals surface area contributed by atoms with Crippen molar-refractivity contribution in [2.75, 3.05) is 69.8 Å². The third-order valence-corrected chi connectivity index (χ3v) is 7.51. The second-order valence-corrected chi connectivity index (χ2v) is 10.4. The number of benzene rings is 3. The van der Waals surface area contributed by atoms with Gasteiger partial charge in [0.1, 0.15) is 5.75 Å². The molecule has 1 amide bonds. The van der Waals surface area contributed by atoms with Gasteiger partial charge in [-0.1, -0.05) is 36.4 Å². The SMILES string of the molecule is COc1cccc(CN(Cc2ccc(N3CCN(C)CC3)cc2)c2ccc(CN3CCNC(=O)C3)cc2)c1. The summed E-state index contributed by atoms with van der Waals surface area (Å²) in [6.45, 7) is 8.82. The second kappa shape index (κ2) is 12.3. The third kappa shape index (κ3) is 6.85. The number of hydrogen-bond donors (Lipinski definition) is 1. The van der Waals surface area contributed by atoms with E-state index in [0.717, 1.165) is 64.7 Å². The van der Waals surface area contributed by atoms with Crippen LogP contribution in [0.5, 0.6) is 5.75 Å². The molecule has 2 saturated heterocycles. The Balaban J connectivity index is 1.31. The molecule has 3 aromatic carbocycles. The Bertz CT molecular complexity index is 1190. The van der Waals surface area contributed by atoms with Crippen molar-refractivity contribution in [2.24, 2.45) is 0 Å². The van der Waals surface area contributed by atoms with Gasteiger partial charge in [0.05, 0.1) is 13.7 Å². The van der Waals surface area contributed by atoms with E-state index in [2.05, 4.69) is 98.7 Å². The van der Waals surface area contributed by atoms with Crippen LogP contribution in [0.4, 0.5) is 11.4 Å². The van der Waals surface area contributed by atoms with Gasteiger partial charge in [-0.15, -0.1) is 0 Å². The molecule has 2 fully saturated rings. The quantitative estimate of drug-likeness (QED) is 0.472. The van der Waals surface area contributed by atoms with Gasteiger partial charge in [-0.05, 0) is 60.1 Å². The molecule has 0 saturated carbocycles. The number of carbonyl (C=O) groups excluding carboxylic acids is 1. The van der Waals surface area contributed by atoms with Crippen LogP contribution in [0.25, 0.3) is 0 Å². The van der Waals surface area contributed by atoms with E-state index in [1.54, 1.807) is 7.11 Å². The molecule has 3 aromatic rings. The van der Waals surface area contributed by atoms with Crippen LogP contribution in [0, 0.1) is 0 Å². The highest BCUT2D eigenvalue weighted by molar-refractivity contribution is 5.78. The number of ether oxygens (including phenoxy) is 1. The van der Waals surface area contributed by atoms with E-state index >= 15 is 0 Å². The van der Waals surface area contributed by atoms with Crippen molar-refractivity contribution in [1.82, 2.24) is 15.1 Å². The Morgan fingerprint density at radius 2 is 1.55 bits per heavy atom. The Labute approximate surface area is 226 Å². The molecule has 5 rings (SSSR count). The van der Waals surface area contributed by atoms with Crippen molar-refractivity contribution in [1.29, 1.82) is 0 Å². The first-order chi connectivity index (χ1) is 18.6. The van der Waals surface area contributed by atoms with E-state index < -0.39 is 0 Å². The fourth-order valence-electron chi connectivity index (χ4n) is 5.22. The Morgan fingerprint density at radius 3 is 2.26 bits per heavy atom. The summed E-state index contributed by atoms with van der Waals surface area (Å²) in [4.78, 5) is 21.2. The smallest absolute Gasteiger partial charge is 0.234 e. The first kappa shape index (κ1) is 26.1. The molecule has 0 radical (unpaired) electrons. The summed E-state index contributed by atoms with van der Waals surface area (Å²) in [6, 6.07) is 26.2. The maximum absolute atomic E-state index is 11.8. The summed E-state index contributed by atoms with van der Waals surface area (Å²) in [7, 11) is 3.90. The maximum Gasteiger partial charge on any atom is 0.234 e. The number of nitrogens with zero attached hydrogens (tertiary/aromatic N) is 4. The van der Waals surface area contributed by atoms with Crippen LogP contribution in [0.1, 0.15) is 16.7 Å². The van der Waals surface area contributed by atoms with Gasteiger partial charge in [-0.2, -0.15) is 0 Å². The number of piperazine rings is 2. The van der Waals surface area contributed by atoms with E-state index in [9.17, 15) is 4.79 Å². The van der Waals surface area contributed by atoms with Crippen LogP contribution in [0.15, 0.2) is 72.8 Å². The minimum atomic E-state index is 0.107. The van der Waals surface area contributed by atoms with E-state index in [0.29, 0.717) is 6.54 Å². The number of hydrogen-bond acceptors (Lipinski definition) is 6. The number of rotatable bonds is 9. The van der Waals surface area contributed by atoms with Gasteiger partial charge in [0.15, 0.2) is 0 Å². The summed E-state index contributed by atoms with van der Waals surface area (Å²) in [5, 5.41) is 2.90. The van der Waals surface area contributed by atoms with Crippen molar-refractivity contribution in [2.45, 2.75) is 19.6 Å². The van der Waals surface area contributed by atoms with E-state index in [4.69, 9.17) is 4.74 Å². The lowest BCUT2D eigenvalue weighted by atomic mass is 10.1. The molecule has 0 aromatic heterocycles. The van der Waals surface area contributed by atoms with Gasteiger partial charge in [0, 0.05) is 70.3 Å². The Morgan fingerprint density at radius 1 is 0.842 bits per heavy atom. The van der Waals surface area contributed by atoms with Crippen LogP contribution in [-0.4, -0.2) is 75.7 Å². The van der Waals surface area contributed by atoms with Crippen molar-refractivity contribution in [3.8, 4) is 5.75 Å². The number of likely N-dealkylation sites (N-methyl/N-ethyl adjacent to an activating group) is 1. The molecule has 1 N–H and O–H groups in total. The van der Waals surface area contributed by atoms with Gasteiger partial charge in [0.2, 0.25) is 5.91 Å². The van der Waals surface area contributed by atoms with E-state index in [-0.39, 0.29) is 5.91 Å². The fraction of sp³-hybridized carbons (Fsp3) is 0.387. The molecule has 0 spiro atoms. The largest absolute Gasteiger partial charge is 0.497 e. The molecule has 7 nitrogen and oxygen atoms in total. The highest BCUT2D eigenvalue weighted by atomic mass is 16.5. The summed E-state index contributed by atoms with van der Waals surface area (Å²) in [5.74, 6) is 0.982. The van der Waals surface area contributed by atoms with Gasteiger partial charge >= 0.3 is 0 Å². The van der Waals surface area contributed by atoms with E-state index in [1.807, 2.05) is 6.07 Å². The van der Waals surface area contributed by atoms with Crippen LogP contribution in [0.2, 0.25) is 0 Å². The molecular formula is C31H39N5O2. The lowest BCUT2D eigenvalue weighted by Crippen LogP contribution is -2.47. The molecule has 0 bridgehead atoms. The normalized spacial score (nSPS) is 16.8. The first-order valence-corrected chi connectivity index (χ1v) is 13.5. The molecule has 0 aliphatic carbocycles. The average molecular weight is 514 g/mol. The fourth-order valence-corrected chi connectivity index (χ4v) is 5.22. The second-order valence-electron chi connectivity index (χ2n) is 10.4. The Kier molecular flexibility index (Phi) is 8.46. The number of anilines is 2. The summed E-state index contributed by atoms with van der Waals surface area (Å²) in [5.41, 5.74) is 6.20.